The quantitative estimate of drug-likeness (QED) is 0.167. The highest BCUT2D eigenvalue weighted by Gasteiger charge is 2.25. The number of carbonyl (C=O) groups excluding carboxylic acids is 1. The molecule has 1 saturated heterocycles. The van der Waals surface area contributed by atoms with Crippen LogP contribution in [-0.4, -0.2) is 111 Å². The molecule has 5 rings (SSSR count). The number of aromatic nitrogens is 3. The second-order valence-corrected chi connectivity index (χ2v) is 11.8. The molecule has 0 saturated carbocycles. The van der Waals surface area contributed by atoms with E-state index in [1.165, 1.54) is 0 Å². The van der Waals surface area contributed by atoms with Crippen molar-refractivity contribution in [3.05, 3.63) is 72.1 Å². The van der Waals surface area contributed by atoms with Crippen molar-refractivity contribution < 1.29 is 23.7 Å². The molecular weight excluding hydrogens is 596 g/mol. The number of methoxy groups -OCH3 is 3. The number of carbonyl (C=O) groups is 1. The van der Waals surface area contributed by atoms with Crippen molar-refractivity contribution in [1.29, 1.82) is 0 Å². The Morgan fingerprint density at radius 1 is 0.957 bits per heavy atom. The predicted octanol–water partition coefficient (Wildman–Crippen LogP) is 4.95. The molecule has 11 nitrogen and oxygen atoms in total. The van der Waals surface area contributed by atoms with Crippen molar-refractivity contribution in [3.8, 4) is 17.2 Å². The van der Waals surface area contributed by atoms with Gasteiger partial charge >= 0.3 is 0 Å². The van der Waals surface area contributed by atoms with Crippen LogP contribution in [0.1, 0.15) is 41.6 Å². The highest BCUT2D eigenvalue weighted by Crippen LogP contribution is 2.38. The van der Waals surface area contributed by atoms with Gasteiger partial charge in [-0.3, -0.25) is 9.78 Å². The number of para-hydroxylation sites is 2. The predicted molar refractivity (Wildman–Crippen MR) is 184 cm³/mol. The average Bonchev–Trinajstić information content (AvgIpc) is 3.31. The number of amides is 1. The topological polar surface area (TPSA) is 94.4 Å². The van der Waals surface area contributed by atoms with E-state index in [0.29, 0.717) is 42.6 Å². The third kappa shape index (κ3) is 8.15. The molecule has 1 aliphatic heterocycles. The summed E-state index contributed by atoms with van der Waals surface area (Å²) in [5.74, 6) is 2.38. The molecule has 0 spiro atoms. The van der Waals surface area contributed by atoms with Crippen molar-refractivity contribution in [1.82, 2.24) is 24.3 Å². The summed E-state index contributed by atoms with van der Waals surface area (Å²) in [5.41, 5.74) is 3.76. The lowest BCUT2D eigenvalue weighted by molar-refractivity contribution is 0.0782. The van der Waals surface area contributed by atoms with Gasteiger partial charge in [0.25, 0.3) is 5.91 Å². The number of pyridine rings is 1. The molecule has 3 heterocycles. The van der Waals surface area contributed by atoms with E-state index in [2.05, 4.69) is 43.6 Å². The van der Waals surface area contributed by atoms with Gasteiger partial charge in [-0.25, -0.2) is 4.98 Å². The van der Waals surface area contributed by atoms with Gasteiger partial charge in [-0.15, -0.1) is 0 Å². The van der Waals surface area contributed by atoms with Crippen LogP contribution in [0.5, 0.6) is 17.2 Å². The number of imidazole rings is 1. The fraction of sp³-hybridized carbons (Fsp3) is 0.472. The number of rotatable bonds is 15. The van der Waals surface area contributed by atoms with Crippen LogP contribution in [0.2, 0.25) is 0 Å². The van der Waals surface area contributed by atoms with Crippen molar-refractivity contribution in [2.45, 2.75) is 32.2 Å². The molecule has 1 amide bonds. The highest BCUT2D eigenvalue weighted by molar-refractivity contribution is 5.95. The van der Waals surface area contributed by atoms with Crippen LogP contribution in [0.4, 0.5) is 5.95 Å². The number of ether oxygens (including phenoxy) is 4. The molecule has 0 aliphatic carbocycles. The van der Waals surface area contributed by atoms with Gasteiger partial charge < -0.3 is 38.2 Å². The van der Waals surface area contributed by atoms with Gasteiger partial charge in [-0.05, 0) is 68.8 Å². The second-order valence-electron chi connectivity index (χ2n) is 11.8. The minimum absolute atomic E-state index is 0.113. The minimum Gasteiger partial charge on any atom is -0.493 e. The van der Waals surface area contributed by atoms with E-state index in [0.717, 1.165) is 74.7 Å². The summed E-state index contributed by atoms with van der Waals surface area (Å²) in [6.45, 7) is 9.43. The monoisotopic (exact) mass is 644 g/mol. The largest absolute Gasteiger partial charge is 0.493 e. The Hall–Kier alpha value is -4.35. The van der Waals surface area contributed by atoms with E-state index in [1.54, 1.807) is 44.6 Å². The number of hydrogen-bond donors (Lipinski definition) is 0. The van der Waals surface area contributed by atoms with E-state index < -0.39 is 0 Å². The standard InChI is InChI=1S/C36H48N6O5/c1-6-47-22-21-42-31-13-8-7-12-30(31)38-36(42)41-17-10-16-40(19-20-41)18-14-28(27-11-9-15-37-25-27)26-39(2)35(43)29-23-32(44-3)34(46-5)33(24-29)45-4/h7-9,11-13,15,23-25,28H,6,10,14,16-22,26H2,1-5H3. The van der Waals surface area contributed by atoms with Crippen LogP contribution in [0.3, 0.4) is 0 Å². The molecule has 1 unspecified atom stereocenters. The number of hydrogen-bond acceptors (Lipinski definition) is 9. The Balaban J connectivity index is 1.26. The van der Waals surface area contributed by atoms with Gasteiger partial charge in [0.2, 0.25) is 11.7 Å². The van der Waals surface area contributed by atoms with Gasteiger partial charge in [0, 0.05) is 70.3 Å². The van der Waals surface area contributed by atoms with Crippen LogP contribution < -0.4 is 19.1 Å². The van der Waals surface area contributed by atoms with Gasteiger partial charge in [0.05, 0.1) is 39.0 Å². The van der Waals surface area contributed by atoms with Gasteiger partial charge in [0.15, 0.2) is 11.5 Å². The third-order valence-corrected chi connectivity index (χ3v) is 8.87. The summed E-state index contributed by atoms with van der Waals surface area (Å²) in [4.78, 5) is 29.9. The van der Waals surface area contributed by atoms with E-state index in [-0.39, 0.29) is 11.8 Å². The summed E-state index contributed by atoms with van der Waals surface area (Å²) in [6, 6.07) is 15.8. The van der Waals surface area contributed by atoms with Crippen LogP contribution >= 0.6 is 0 Å². The fourth-order valence-corrected chi connectivity index (χ4v) is 6.38. The molecular formula is C36H48N6O5. The fourth-order valence-electron chi connectivity index (χ4n) is 6.38. The number of fused-ring (bicyclic) bond motifs is 1. The maximum atomic E-state index is 13.7. The molecule has 1 atom stereocenters. The zero-order valence-corrected chi connectivity index (χ0v) is 28.4. The first kappa shape index (κ1) is 34.0. The van der Waals surface area contributed by atoms with Gasteiger partial charge in [-0.2, -0.15) is 0 Å². The van der Waals surface area contributed by atoms with Crippen LogP contribution in [0.25, 0.3) is 11.0 Å². The molecule has 1 aliphatic rings. The molecule has 0 N–H and O–H groups in total. The molecule has 11 heteroatoms. The normalized spacial score (nSPS) is 14.5. The lowest BCUT2D eigenvalue weighted by Gasteiger charge is -2.28. The summed E-state index contributed by atoms with van der Waals surface area (Å²) in [5, 5.41) is 0. The molecule has 0 bridgehead atoms. The Morgan fingerprint density at radius 2 is 1.74 bits per heavy atom. The highest BCUT2D eigenvalue weighted by atomic mass is 16.5. The maximum absolute atomic E-state index is 13.7. The average molecular weight is 645 g/mol. The summed E-state index contributed by atoms with van der Waals surface area (Å²) in [6.07, 6.45) is 5.65. The molecule has 2 aromatic carbocycles. The van der Waals surface area contributed by atoms with E-state index in [9.17, 15) is 4.79 Å². The zero-order valence-electron chi connectivity index (χ0n) is 28.4. The summed E-state index contributed by atoms with van der Waals surface area (Å²) < 4.78 is 24.4. The van der Waals surface area contributed by atoms with Crippen LogP contribution in [0, 0.1) is 0 Å². The molecule has 47 heavy (non-hydrogen) atoms. The summed E-state index contributed by atoms with van der Waals surface area (Å²) >= 11 is 0. The number of anilines is 1. The zero-order chi connectivity index (χ0) is 33.2. The number of likely N-dealkylation sites (N-methyl/N-ethyl adjacent to an activating group) is 1. The lowest BCUT2D eigenvalue weighted by Crippen LogP contribution is -2.35. The Kier molecular flexibility index (Phi) is 11.9. The Bertz CT molecular complexity index is 1570. The molecule has 2 aromatic heterocycles. The van der Waals surface area contributed by atoms with E-state index in [4.69, 9.17) is 23.9 Å². The van der Waals surface area contributed by atoms with Crippen molar-refractivity contribution >= 4 is 22.9 Å². The molecule has 252 valence electrons. The van der Waals surface area contributed by atoms with E-state index >= 15 is 0 Å². The third-order valence-electron chi connectivity index (χ3n) is 8.87. The second kappa shape index (κ2) is 16.5. The molecule has 0 radical (unpaired) electrons. The first-order valence-corrected chi connectivity index (χ1v) is 16.4. The van der Waals surface area contributed by atoms with Crippen molar-refractivity contribution in [2.75, 3.05) is 85.8 Å². The number of nitrogens with zero attached hydrogens (tertiary/aromatic N) is 6. The van der Waals surface area contributed by atoms with Gasteiger partial charge in [0.1, 0.15) is 0 Å². The Morgan fingerprint density at radius 3 is 2.45 bits per heavy atom. The molecule has 1 fully saturated rings. The van der Waals surface area contributed by atoms with Crippen molar-refractivity contribution in [2.24, 2.45) is 0 Å². The van der Waals surface area contributed by atoms with Crippen molar-refractivity contribution in [3.63, 3.8) is 0 Å². The SMILES string of the molecule is CCOCCn1c(N2CCCN(CCC(CN(C)C(=O)c3cc(OC)c(OC)c(OC)c3)c3cccnc3)CC2)nc2ccccc21. The summed E-state index contributed by atoms with van der Waals surface area (Å²) in [7, 11) is 6.49. The van der Waals surface area contributed by atoms with Gasteiger partial charge in [-0.1, -0.05) is 18.2 Å². The number of benzene rings is 2. The first-order valence-electron chi connectivity index (χ1n) is 16.4. The lowest BCUT2D eigenvalue weighted by atomic mass is 9.96. The minimum atomic E-state index is -0.115. The molecule has 4 aromatic rings. The maximum Gasteiger partial charge on any atom is 0.253 e. The smallest absolute Gasteiger partial charge is 0.253 e. The first-order chi connectivity index (χ1) is 23.0. The van der Waals surface area contributed by atoms with E-state index in [1.807, 2.05) is 32.3 Å². The van der Waals surface area contributed by atoms with Crippen LogP contribution in [-0.2, 0) is 11.3 Å². The Labute approximate surface area is 278 Å². The van der Waals surface area contributed by atoms with Crippen LogP contribution in [0.15, 0.2) is 60.9 Å².